The van der Waals surface area contributed by atoms with E-state index in [2.05, 4.69) is 5.32 Å². The molecule has 0 atom stereocenters. The number of aryl methyl sites for hydroxylation is 1. The summed E-state index contributed by atoms with van der Waals surface area (Å²) >= 11 is 1.37. The van der Waals surface area contributed by atoms with Crippen molar-refractivity contribution in [1.82, 2.24) is 0 Å². The second kappa shape index (κ2) is 6.19. The fourth-order valence-electron chi connectivity index (χ4n) is 2.58. The fourth-order valence-corrected chi connectivity index (χ4v) is 3.86. The van der Waals surface area contributed by atoms with Gasteiger partial charge in [-0.05, 0) is 49.5 Å². The number of carboxylic acid groups (broad SMARTS) is 1. The van der Waals surface area contributed by atoms with Crippen molar-refractivity contribution < 1.29 is 19.1 Å². The van der Waals surface area contributed by atoms with Gasteiger partial charge in [0, 0.05) is 11.0 Å². The van der Waals surface area contributed by atoms with E-state index >= 15 is 0 Å². The highest BCUT2D eigenvalue weighted by atomic mass is 32.1. The summed E-state index contributed by atoms with van der Waals surface area (Å²) in [6.07, 6.45) is 8.12. The van der Waals surface area contributed by atoms with Crippen LogP contribution in [0.1, 0.15) is 39.4 Å². The van der Waals surface area contributed by atoms with Gasteiger partial charge in [0.2, 0.25) is 5.91 Å². The molecule has 0 aliphatic heterocycles. The molecule has 0 fully saturated rings. The number of carbonyl (C=O) groups is 2. The van der Waals surface area contributed by atoms with Crippen molar-refractivity contribution in [2.45, 2.75) is 25.7 Å². The van der Waals surface area contributed by atoms with Crippen molar-refractivity contribution in [2.24, 2.45) is 0 Å². The van der Waals surface area contributed by atoms with Gasteiger partial charge in [0.05, 0.1) is 11.8 Å². The number of carbonyl (C=O) groups excluding carboxylic acids is 1. The van der Waals surface area contributed by atoms with Crippen LogP contribution in [0.3, 0.4) is 0 Å². The number of hydrogen-bond donors (Lipinski definition) is 2. The summed E-state index contributed by atoms with van der Waals surface area (Å²) in [4.78, 5) is 24.6. The van der Waals surface area contributed by atoms with Gasteiger partial charge in [0.1, 0.15) is 10.8 Å². The molecule has 114 valence electrons. The first kappa shape index (κ1) is 14.6. The van der Waals surface area contributed by atoms with Crippen LogP contribution in [-0.4, -0.2) is 17.0 Å². The van der Waals surface area contributed by atoms with E-state index in [1.165, 1.54) is 23.7 Å². The van der Waals surface area contributed by atoms with E-state index in [0.29, 0.717) is 10.8 Å². The van der Waals surface area contributed by atoms with E-state index in [0.717, 1.165) is 36.1 Å². The molecule has 5 nitrogen and oxygen atoms in total. The molecule has 0 radical (unpaired) electrons. The van der Waals surface area contributed by atoms with E-state index in [-0.39, 0.29) is 11.5 Å². The van der Waals surface area contributed by atoms with E-state index in [1.54, 1.807) is 18.2 Å². The van der Waals surface area contributed by atoms with Crippen LogP contribution in [0, 0.1) is 0 Å². The molecule has 0 spiro atoms. The summed E-state index contributed by atoms with van der Waals surface area (Å²) in [5, 5.41) is 12.5. The topological polar surface area (TPSA) is 79.5 Å². The quantitative estimate of drug-likeness (QED) is 0.845. The van der Waals surface area contributed by atoms with Crippen LogP contribution in [0.15, 0.2) is 28.9 Å². The highest BCUT2D eigenvalue weighted by Crippen LogP contribution is 2.38. The Bertz CT molecular complexity index is 728. The summed E-state index contributed by atoms with van der Waals surface area (Å²) in [6, 6.07) is 3.46. The average molecular weight is 317 g/mol. The minimum atomic E-state index is -0.982. The predicted molar refractivity (Wildman–Crippen MR) is 84.3 cm³/mol. The molecule has 1 amide bonds. The standard InChI is InChI=1S/C16H15NO4S/c18-13(8-7-10-4-3-9-21-10)17-15-14(16(19)20)11-5-1-2-6-12(11)22-15/h3-4,7-9H,1-2,5-6H2,(H,17,18)(H,19,20)/b8-7+. The molecular formula is C16H15NO4S. The van der Waals surface area contributed by atoms with Gasteiger partial charge < -0.3 is 14.8 Å². The molecule has 0 unspecified atom stereocenters. The Morgan fingerprint density at radius 3 is 2.86 bits per heavy atom. The Morgan fingerprint density at radius 1 is 1.32 bits per heavy atom. The van der Waals surface area contributed by atoms with Crippen LogP contribution >= 0.6 is 11.3 Å². The molecule has 2 heterocycles. The SMILES string of the molecule is O=C(/C=C/c1ccco1)Nc1sc2c(c1C(=O)O)CCCC2. The largest absolute Gasteiger partial charge is 0.478 e. The molecule has 1 aliphatic carbocycles. The van der Waals surface area contributed by atoms with Crippen molar-refractivity contribution in [3.05, 3.63) is 46.2 Å². The van der Waals surface area contributed by atoms with E-state index < -0.39 is 5.97 Å². The third-order valence-corrected chi connectivity index (χ3v) is 4.77. The lowest BCUT2D eigenvalue weighted by Crippen LogP contribution is -2.11. The maximum absolute atomic E-state index is 12.0. The number of aromatic carboxylic acids is 1. The molecule has 1 aliphatic rings. The van der Waals surface area contributed by atoms with Crippen LogP contribution in [0.2, 0.25) is 0 Å². The number of anilines is 1. The molecule has 6 heteroatoms. The second-order valence-electron chi connectivity index (χ2n) is 5.06. The zero-order valence-corrected chi connectivity index (χ0v) is 12.6. The molecule has 2 aromatic heterocycles. The molecular weight excluding hydrogens is 302 g/mol. The highest BCUT2D eigenvalue weighted by Gasteiger charge is 2.25. The van der Waals surface area contributed by atoms with Gasteiger partial charge in [-0.1, -0.05) is 0 Å². The van der Waals surface area contributed by atoms with Crippen LogP contribution in [0.5, 0.6) is 0 Å². The van der Waals surface area contributed by atoms with Crippen molar-refractivity contribution in [2.75, 3.05) is 5.32 Å². The van der Waals surface area contributed by atoms with Crippen molar-refractivity contribution >= 4 is 34.3 Å². The zero-order chi connectivity index (χ0) is 15.5. The van der Waals surface area contributed by atoms with Gasteiger partial charge in [-0.3, -0.25) is 4.79 Å². The molecule has 0 aromatic carbocycles. The Morgan fingerprint density at radius 2 is 2.14 bits per heavy atom. The van der Waals surface area contributed by atoms with Crippen molar-refractivity contribution in [3.8, 4) is 0 Å². The number of amides is 1. The van der Waals surface area contributed by atoms with Crippen molar-refractivity contribution in [3.63, 3.8) is 0 Å². The lowest BCUT2D eigenvalue weighted by Gasteiger charge is -2.10. The van der Waals surface area contributed by atoms with Gasteiger partial charge in [0.25, 0.3) is 0 Å². The minimum Gasteiger partial charge on any atom is -0.478 e. The Kier molecular flexibility index (Phi) is 4.11. The maximum Gasteiger partial charge on any atom is 0.339 e. The van der Waals surface area contributed by atoms with Crippen LogP contribution in [-0.2, 0) is 17.6 Å². The first-order chi connectivity index (χ1) is 10.6. The van der Waals surface area contributed by atoms with Crippen LogP contribution in [0.25, 0.3) is 6.08 Å². The number of rotatable bonds is 4. The molecule has 0 saturated heterocycles. The number of hydrogen-bond acceptors (Lipinski definition) is 4. The second-order valence-corrected chi connectivity index (χ2v) is 6.16. The molecule has 0 saturated carbocycles. The normalized spacial score (nSPS) is 14.0. The van der Waals surface area contributed by atoms with Gasteiger partial charge in [-0.25, -0.2) is 4.79 Å². The van der Waals surface area contributed by atoms with E-state index in [1.807, 2.05) is 0 Å². The lowest BCUT2D eigenvalue weighted by molar-refractivity contribution is -0.111. The third-order valence-electron chi connectivity index (χ3n) is 3.56. The predicted octanol–water partition coefficient (Wildman–Crippen LogP) is 3.57. The first-order valence-electron chi connectivity index (χ1n) is 7.05. The van der Waals surface area contributed by atoms with E-state index in [9.17, 15) is 14.7 Å². The highest BCUT2D eigenvalue weighted by molar-refractivity contribution is 7.17. The Hall–Kier alpha value is -2.34. The summed E-state index contributed by atoms with van der Waals surface area (Å²) in [6.45, 7) is 0. The summed E-state index contributed by atoms with van der Waals surface area (Å²) in [7, 11) is 0. The van der Waals surface area contributed by atoms with Crippen molar-refractivity contribution in [1.29, 1.82) is 0 Å². The monoisotopic (exact) mass is 317 g/mol. The number of fused-ring (bicyclic) bond motifs is 1. The number of nitrogens with one attached hydrogen (secondary N) is 1. The minimum absolute atomic E-state index is 0.249. The smallest absolute Gasteiger partial charge is 0.339 e. The third kappa shape index (κ3) is 2.96. The van der Waals surface area contributed by atoms with Gasteiger partial charge in [-0.15, -0.1) is 11.3 Å². The van der Waals surface area contributed by atoms with E-state index in [4.69, 9.17) is 4.42 Å². The molecule has 22 heavy (non-hydrogen) atoms. The Labute approximate surface area is 131 Å². The zero-order valence-electron chi connectivity index (χ0n) is 11.8. The number of thiophene rings is 1. The molecule has 2 N–H and O–H groups in total. The number of carboxylic acids is 1. The molecule has 2 aromatic rings. The average Bonchev–Trinajstić information content (AvgIpc) is 3.11. The lowest BCUT2D eigenvalue weighted by atomic mass is 9.95. The number of furan rings is 1. The molecule has 0 bridgehead atoms. The van der Waals surface area contributed by atoms with Gasteiger partial charge in [-0.2, -0.15) is 0 Å². The fraction of sp³-hybridized carbons (Fsp3) is 0.250. The maximum atomic E-state index is 12.0. The Balaban J connectivity index is 1.81. The van der Waals surface area contributed by atoms with Crippen LogP contribution < -0.4 is 5.32 Å². The summed E-state index contributed by atoms with van der Waals surface area (Å²) < 4.78 is 5.10. The first-order valence-corrected chi connectivity index (χ1v) is 7.87. The summed E-state index contributed by atoms with van der Waals surface area (Å²) in [5.41, 5.74) is 1.13. The van der Waals surface area contributed by atoms with Crippen LogP contribution in [0.4, 0.5) is 5.00 Å². The molecule has 3 rings (SSSR count). The van der Waals surface area contributed by atoms with Gasteiger partial charge in [0.15, 0.2) is 0 Å². The van der Waals surface area contributed by atoms with Gasteiger partial charge >= 0.3 is 5.97 Å². The summed E-state index contributed by atoms with van der Waals surface area (Å²) in [5.74, 6) is -0.777.